The van der Waals surface area contributed by atoms with Crippen molar-refractivity contribution in [1.29, 1.82) is 0 Å². The van der Waals surface area contributed by atoms with Crippen LogP contribution >= 0.6 is 0 Å². The molecule has 0 atom stereocenters. The molecule has 1 aromatic carbocycles. The number of amides is 1. The first-order valence-corrected chi connectivity index (χ1v) is 6.96. The molecule has 104 valence electrons. The third kappa shape index (κ3) is 3.96. The van der Waals surface area contributed by atoms with E-state index in [1.807, 2.05) is 30.1 Å². The molecule has 0 saturated carbocycles. The van der Waals surface area contributed by atoms with Gasteiger partial charge in [0.1, 0.15) is 0 Å². The topological polar surface area (TPSA) is 49.6 Å². The van der Waals surface area contributed by atoms with Crippen LogP contribution in [0.15, 0.2) is 30.3 Å². The summed E-state index contributed by atoms with van der Waals surface area (Å²) in [5, 5.41) is 0. The smallest absolute Gasteiger partial charge is 0.224 e. The van der Waals surface area contributed by atoms with Crippen molar-refractivity contribution in [2.45, 2.75) is 25.3 Å². The van der Waals surface area contributed by atoms with E-state index in [0.717, 1.165) is 38.2 Å². The van der Waals surface area contributed by atoms with Crippen LogP contribution < -0.4 is 10.6 Å². The number of nitrogens with two attached hydrogens (primary N) is 1. The second-order valence-electron chi connectivity index (χ2n) is 5.23. The third-order valence-corrected chi connectivity index (χ3v) is 3.75. The normalized spacial score (nSPS) is 16.4. The third-order valence-electron chi connectivity index (χ3n) is 3.75. The number of carbonyl (C=O) groups excluding carboxylic acids is 1. The molecule has 1 aliphatic heterocycles. The van der Waals surface area contributed by atoms with Crippen molar-refractivity contribution in [2.24, 2.45) is 5.73 Å². The maximum absolute atomic E-state index is 12.1. The molecule has 0 unspecified atom stereocenters. The quantitative estimate of drug-likeness (QED) is 0.892. The van der Waals surface area contributed by atoms with Crippen molar-refractivity contribution in [3.8, 4) is 0 Å². The number of anilines is 1. The Morgan fingerprint density at radius 3 is 2.58 bits per heavy atom. The Labute approximate surface area is 115 Å². The largest absolute Gasteiger partial charge is 0.374 e. The van der Waals surface area contributed by atoms with Gasteiger partial charge in [0.25, 0.3) is 0 Å². The highest BCUT2D eigenvalue weighted by molar-refractivity contribution is 5.77. The molecule has 0 aliphatic carbocycles. The van der Waals surface area contributed by atoms with Crippen molar-refractivity contribution in [2.75, 3.05) is 31.6 Å². The zero-order valence-electron chi connectivity index (χ0n) is 11.6. The molecule has 0 radical (unpaired) electrons. The molecule has 0 aromatic heterocycles. The highest BCUT2D eigenvalue weighted by atomic mass is 16.2. The lowest BCUT2D eigenvalue weighted by molar-refractivity contribution is -0.132. The molecule has 4 nitrogen and oxygen atoms in total. The summed E-state index contributed by atoms with van der Waals surface area (Å²) in [6, 6.07) is 10.4. The first-order valence-electron chi connectivity index (χ1n) is 6.96. The van der Waals surface area contributed by atoms with E-state index >= 15 is 0 Å². The summed E-state index contributed by atoms with van der Waals surface area (Å²) < 4.78 is 0. The molecule has 0 bridgehead atoms. The SMILES string of the molecule is CN(CCC(=O)N1CCC(N)CC1)c1ccccc1. The van der Waals surface area contributed by atoms with E-state index in [2.05, 4.69) is 17.0 Å². The summed E-state index contributed by atoms with van der Waals surface area (Å²) in [7, 11) is 2.02. The van der Waals surface area contributed by atoms with Crippen LogP contribution in [-0.2, 0) is 4.79 Å². The van der Waals surface area contributed by atoms with E-state index in [-0.39, 0.29) is 11.9 Å². The van der Waals surface area contributed by atoms with E-state index in [4.69, 9.17) is 5.73 Å². The summed E-state index contributed by atoms with van der Waals surface area (Å²) in [6.45, 7) is 2.38. The van der Waals surface area contributed by atoms with Gasteiger partial charge in [0.05, 0.1) is 0 Å². The van der Waals surface area contributed by atoms with Gasteiger partial charge in [0, 0.05) is 44.8 Å². The number of nitrogens with zero attached hydrogens (tertiary/aromatic N) is 2. The standard InChI is InChI=1S/C15H23N3O/c1-17(14-5-3-2-4-6-14)10-9-15(19)18-11-7-13(16)8-12-18/h2-6,13H,7-12,16H2,1H3. The zero-order chi connectivity index (χ0) is 13.7. The molecule has 1 heterocycles. The number of para-hydroxylation sites is 1. The number of hydrogen-bond acceptors (Lipinski definition) is 3. The van der Waals surface area contributed by atoms with E-state index in [9.17, 15) is 4.79 Å². The van der Waals surface area contributed by atoms with E-state index in [1.165, 1.54) is 0 Å². The number of benzene rings is 1. The van der Waals surface area contributed by atoms with Gasteiger partial charge in [-0.1, -0.05) is 18.2 Å². The lowest BCUT2D eigenvalue weighted by atomic mass is 10.1. The Morgan fingerprint density at radius 1 is 1.32 bits per heavy atom. The van der Waals surface area contributed by atoms with Crippen LogP contribution in [0.25, 0.3) is 0 Å². The van der Waals surface area contributed by atoms with Crippen LogP contribution in [0.3, 0.4) is 0 Å². The summed E-state index contributed by atoms with van der Waals surface area (Å²) in [5.41, 5.74) is 7.00. The number of likely N-dealkylation sites (tertiary alicyclic amines) is 1. The summed E-state index contributed by atoms with van der Waals surface area (Å²) in [4.78, 5) is 16.2. The monoisotopic (exact) mass is 261 g/mol. The van der Waals surface area contributed by atoms with Crippen LogP contribution in [0, 0.1) is 0 Å². The molecule has 1 saturated heterocycles. The minimum Gasteiger partial charge on any atom is -0.374 e. The number of hydrogen-bond donors (Lipinski definition) is 1. The van der Waals surface area contributed by atoms with Gasteiger partial charge in [-0.15, -0.1) is 0 Å². The Morgan fingerprint density at radius 2 is 1.95 bits per heavy atom. The van der Waals surface area contributed by atoms with Gasteiger partial charge in [-0.25, -0.2) is 0 Å². The second kappa shape index (κ2) is 6.57. The van der Waals surface area contributed by atoms with Gasteiger partial charge in [-0.2, -0.15) is 0 Å². The first-order chi connectivity index (χ1) is 9.16. The average molecular weight is 261 g/mol. The van der Waals surface area contributed by atoms with Crippen molar-refractivity contribution in [3.63, 3.8) is 0 Å². The Bertz CT molecular complexity index is 399. The molecule has 19 heavy (non-hydrogen) atoms. The van der Waals surface area contributed by atoms with Crippen LogP contribution in [0.2, 0.25) is 0 Å². The predicted octanol–water partition coefficient (Wildman–Crippen LogP) is 1.46. The minimum atomic E-state index is 0.245. The molecule has 1 fully saturated rings. The van der Waals surface area contributed by atoms with Gasteiger partial charge in [0.2, 0.25) is 5.91 Å². The van der Waals surface area contributed by atoms with Crippen molar-refractivity contribution in [1.82, 2.24) is 4.90 Å². The molecule has 1 aromatic rings. The highest BCUT2D eigenvalue weighted by Crippen LogP contribution is 2.13. The van der Waals surface area contributed by atoms with Gasteiger partial charge in [-0.3, -0.25) is 4.79 Å². The summed E-state index contributed by atoms with van der Waals surface area (Å²) in [5.74, 6) is 0.245. The second-order valence-corrected chi connectivity index (χ2v) is 5.23. The van der Waals surface area contributed by atoms with Crippen molar-refractivity contribution in [3.05, 3.63) is 30.3 Å². The fourth-order valence-electron chi connectivity index (χ4n) is 2.38. The number of carbonyl (C=O) groups is 1. The predicted molar refractivity (Wildman–Crippen MR) is 78.1 cm³/mol. The molecular weight excluding hydrogens is 238 g/mol. The average Bonchev–Trinajstić information content (AvgIpc) is 2.46. The van der Waals surface area contributed by atoms with Crippen LogP contribution in [-0.4, -0.2) is 43.5 Å². The van der Waals surface area contributed by atoms with Gasteiger partial charge in [0.15, 0.2) is 0 Å². The molecule has 2 rings (SSSR count). The molecule has 2 N–H and O–H groups in total. The Balaban J connectivity index is 1.77. The van der Waals surface area contributed by atoms with Crippen LogP contribution in [0.5, 0.6) is 0 Å². The molecule has 1 amide bonds. The van der Waals surface area contributed by atoms with E-state index < -0.39 is 0 Å². The highest BCUT2D eigenvalue weighted by Gasteiger charge is 2.20. The van der Waals surface area contributed by atoms with Crippen molar-refractivity contribution >= 4 is 11.6 Å². The lowest BCUT2D eigenvalue weighted by Gasteiger charge is -2.31. The first kappa shape index (κ1) is 13.9. The lowest BCUT2D eigenvalue weighted by Crippen LogP contribution is -2.43. The Kier molecular flexibility index (Phi) is 4.80. The minimum absolute atomic E-state index is 0.245. The maximum Gasteiger partial charge on any atom is 0.224 e. The summed E-state index contributed by atoms with van der Waals surface area (Å²) >= 11 is 0. The fraction of sp³-hybridized carbons (Fsp3) is 0.533. The molecular formula is C15H23N3O. The van der Waals surface area contributed by atoms with Crippen molar-refractivity contribution < 1.29 is 4.79 Å². The van der Waals surface area contributed by atoms with E-state index in [0.29, 0.717) is 6.42 Å². The molecule has 0 spiro atoms. The number of rotatable bonds is 4. The van der Waals surface area contributed by atoms with E-state index in [1.54, 1.807) is 0 Å². The molecule has 4 heteroatoms. The van der Waals surface area contributed by atoms with Crippen LogP contribution in [0.1, 0.15) is 19.3 Å². The van der Waals surface area contributed by atoms with Crippen LogP contribution in [0.4, 0.5) is 5.69 Å². The zero-order valence-corrected chi connectivity index (χ0v) is 11.6. The maximum atomic E-state index is 12.1. The number of piperidine rings is 1. The van der Waals surface area contributed by atoms with Gasteiger partial charge < -0.3 is 15.5 Å². The summed E-state index contributed by atoms with van der Waals surface area (Å²) in [6.07, 6.45) is 2.43. The Hall–Kier alpha value is -1.55. The van der Waals surface area contributed by atoms with Gasteiger partial charge in [-0.05, 0) is 25.0 Å². The molecule has 1 aliphatic rings. The van der Waals surface area contributed by atoms with Gasteiger partial charge >= 0.3 is 0 Å². The fourth-order valence-corrected chi connectivity index (χ4v) is 2.38.